The van der Waals surface area contributed by atoms with E-state index in [1.807, 2.05) is 71.4 Å². The smallest absolute Gasteiger partial charge is 0.364 e. The number of amides is 3. The summed E-state index contributed by atoms with van der Waals surface area (Å²) in [5.74, 6) is -3.02. The van der Waals surface area contributed by atoms with E-state index in [-0.39, 0.29) is 28.6 Å². The van der Waals surface area contributed by atoms with Crippen molar-refractivity contribution >= 4 is 80.8 Å². The van der Waals surface area contributed by atoms with Gasteiger partial charge in [-0.15, -0.1) is 23.1 Å². The highest BCUT2D eigenvalue weighted by Gasteiger charge is 2.55. The quantitative estimate of drug-likeness (QED) is 0.159. The number of primary amides is 1. The molecule has 2 aliphatic heterocycles. The van der Waals surface area contributed by atoms with Crippen molar-refractivity contribution in [1.82, 2.24) is 15.4 Å². The van der Waals surface area contributed by atoms with Gasteiger partial charge in [0.2, 0.25) is 0 Å². The van der Waals surface area contributed by atoms with Crippen molar-refractivity contribution in [3.63, 3.8) is 0 Å². The molecule has 6 rings (SSSR count). The lowest BCUT2D eigenvalue weighted by Crippen LogP contribution is -2.62. The summed E-state index contributed by atoms with van der Waals surface area (Å²) in [7, 11) is 0. The van der Waals surface area contributed by atoms with Crippen molar-refractivity contribution < 1.29 is 24.0 Å². The fraction of sp³-hybridized carbons (Fsp3) is 0.161. The lowest BCUT2D eigenvalue weighted by atomic mass is 9.84. The Bertz CT molecular complexity index is 1770. The molecule has 1 unspecified atom stereocenters. The first-order valence-corrected chi connectivity index (χ1v) is 16.5. The van der Waals surface area contributed by atoms with Crippen LogP contribution in [-0.4, -0.2) is 49.1 Å². The van der Waals surface area contributed by atoms with Gasteiger partial charge in [0.15, 0.2) is 0 Å². The van der Waals surface area contributed by atoms with Gasteiger partial charge in [-0.05, 0) is 40.4 Å². The Labute approximate surface area is 270 Å². The number of nitrogens with zero attached hydrogens (tertiary/aromatic N) is 2. The third-order valence-electron chi connectivity index (χ3n) is 7.22. The number of fused-ring (bicyclic) bond motifs is 1. The molecule has 44 heavy (non-hydrogen) atoms. The van der Waals surface area contributed by atoms with Crippen LogP contribution in [0.3, 0.4) is 0 Å². The van der Waals surface area contributed by atoms with E-state index in [1.165, 1.54) is 39.3 Å². The number of nitrogens with one attached hydrogen (secondary N) is 1. The molecule has 3 N–H and O–H groups in total. The topological polar surface area (TPSA) is 132 Å². The number of carbonyl (C=O) groups excluding carboxylic acids is 4. The third-order valence-corrected chi connectivity index (χ3v) is 11.0. The Kier molecular flexibility index (Phi) is 8.45. The van der Waals surface area contributed by atoms with Gasteiger partial charge in [-0.1, -0.05) is 72.9 Å². The van der Waals surface area contributed by atoms with Crippen LogP contribution in [0.15, 0.2) is 83.2 Å². The molecule has 4 aromatic rings. The van der Waals surface area contributed by atoms with Crippen LogP contribution in [0.2, 0.25) is 0 Å². The molecule has 2 aromatic carbocycles. The largest absolute Gasteiger partial charge is 0.379 e. The summed E-state index contributed by atoms with van der Waals surface area (Å²) < 4.78 is 0. The summed E-state index contributed by atoms with van der Waals surface area (Å²) in [6, 6.07) is 21.4. The van der Waals surface area contributed by atoms with Crippen LogP contribution >= 0.6 is 46.7 Å². The maximum absolute atomic E-state index is 13.9. The van der Waals surface area contributed by atoms with Crippen LogP contribution in [-0.2, 0) is 25.6 Å². The number of thiophene rings is 1. The highest BCUT2D eigenvalue weighted by molar-refractivity contribution is 8.03. The fourth-order valence-corrected chi connectivity index (χ4v) is 9.01. The molecule has 0 saturated carbocycles. The van der Waals surface area contributed by atoms with Gasteiger partial charge in [0.25, 0.3) is 17.7 Å². The number of hydrogen-bond donors (Lipinski definition) is 2. The van der Waals surface area contributed by atoms with Gasteiger partial charge in [0, 0.05) is 21.6 Å². The first kappa shape index (κ1) is 29.9. The number of β-lactam (4-membered cyclic amide) rings is 1. The maximum Gasteiger partial charge on any atom is 0.379 e. The first-order valence-electron chi connectivity index (χ1n) is 13.4. The Hall–Kier alpha value is -4.17. The van der Waals surface area contributed by atoms with Crippen molar-refractivity contribution in [2.45, 2.75) is 29.9 Å². The Morgan fingerprint density at radius 3 is 2.30 bits per heavy atom. The number of carbonyl (C=O) groups is 4. The number of thioether (sulfide) groups is 1. The van der Waals surface area contributed by atoms with Gasteiger partial charge in [-0.2, -0.15) is 16.8 Å². The minimum absolute atomic E-state index is 0.00819. The second-order valence-electron chi connectivity index (χ2n) is 10.0. The Morgan fingerprint density at radius 2 is 1.73 bits per heavy atom. The molecular formula is C31H24N4O5S4. The molecule has 13 heteroatoms. The molecule has 1 saturated heterocycles. The van der Waals surface area contributed by atoms with E-state index in [0.29, 0.717) is 15.5 Å². The van der Waals surface area contributed by atoms with Gasteiger partial charge >= 0.3 is 5.97 Å². The Morgan fingerprint density at radius 1 is 1.07 bits per heavy atom. The SMILES string of the molecule is Cc1sc(C2=C(C(=O)ONC(=O)Cc3ccsc3)N3C(=O)C(=S)[C@@H]3SC2C(c2ccccc2)c2ccccc2)nc1C(N)=O. The highest BCUT2D eigenvalue weighted by atomic mass is 32.2. The van der Waals surface area contributed by atoms with Gasteiger partial charge in [0.05, 0.1) is 6.42 Å². The molecule has 222 valence electrons. The number of thiazole rings is 1. The summed E-state index contributed by atoms with van der Waals surface area (Å²) >= 11 is 9.54. The molecule has 0 spiro atoms. The highest BCUT2D eigenvalue weighted by Crippen LogP contribution is 2.53. The van der Waals surface area contributed by atoms with Crippen LogP contribution in [0.1, 0.15) is 43.0 Å². The molecule has 4 heterocycles. The van der Waals surface area contributed by atoms with Gasteiger partial charge in [0.1, 0.15) is 26.6 Å². The number of aromatic nitrogens is 1. The molecule has 0 bridgehead atoms. The van der Waals surface area contributed by atoms with Crippen LogP contribution in [0.4, 0.5) is 0 Å². The zero-order chi connectivity index (χ0) is 31.0. The van der Waals surface area contributed by atoms with E-state index in [9.17, 15) is 19.2 Å². The van der Waals surface area contributed by atoms with Crippen LogP contribution in [0, 0.1) is 6.92 Å². The zero-order valence-electron chi connectivity index (χ0n) is 23.1. The summed E-state index contributed by atoms with van der Waals surface area (Å²) in [5, 5.41) is 2.87. The van der Waals surface area contributed by atoms with Gasteiger partial charge in [-0.25, -0.2) is 9.78 Å². The van der Waals surface area contributed by atoms with Crippen LogP contribution in [0.25, 0.3) is 5.57 Å². The average molecular weight is 661 g/mol. The standard InChI is InChI=1S/C31H24N4O5S4/c1-16-23(27(32)37)33-28(43-16)22-24(31(39)40-34-20(36)14-17-12-13-42-15-17)35-29(38)25(41)30(35)44-26(22)21(18-8-4-2-5-9-18)19-10-6-3-7-11-19/h2-13,15,21,26,30H,14H2,1H3,(H2,32,37)(H,34,36)/t26?,30-/m0/s1. The van der Waals surface area contributed by atoms with Gasteiger partial charge in [-0.3, -0.25) is 19.3 Å². The molecule has 9 nitrogen and oxygen atoms in total. The minimum Gasteiger partial charge on any atom is -0.364 e. The predicted molar refractivity (Wildman–Crippen MR) is 174 cm³/mol. The van der Waals surface area contributed by atoms with Crippen molar-refractivity contribution in [3.05, 3.63) is 115 Å². The molecule has 2 atom stereocenters. The van der Waals surface area contributed by atoms with Crippen molar-refractivity contribution in [2.75, 3.05) is 0 Å². The molecule has 0 aliphatic carbocycles. The molecule has 2 aromatic heterocycles. The minimum atomic E-state index is -0.946. The van der Waals surface area contributed by atoms with E-state index in [1.54, 1.807) is 13.0 Å². The summed E-state index contributed by atoms with van der Waals surface area (Å²) in [6.07, 6.45) is 0.00819. The number of benzene rings is 2. The number of hydrogen-bond acceptors (Lipinski definition) is 10. The van der Waals surface area contributed by atoms with E-state index >= 15 is 0 Å². The molecule has 0 radical (unpaired) electrons. The number of aryl methyl sites for hydroxylation is 1. The van der Waals surface area contributed by atoms with E-state index in [4.69, 9.17) is 22.8 Å². The second-order valence-corrected chi connectivity index (χ2v) is 13.7. The fourth-order valence-electron chi connectivity index (χ4n) is 5.24. The van der Waals surface area contributed by atoms with Gasteiger partial charge < -0.3 is 10.6 Å². The average Bonchev–Trinajstić information content (AvgIpc) is 3.69. The molecule has 1 fully saturated rings. The van der Waals surface area contributed by atoms with Crippen molar-refractivity contribution in [1.29, 1.82) is 0 Å². The zero-order valence-corrected chi connectivity index (χ0v) is 26.4. The normalized spacial score (nSPS) is 17.7. The summed E-state index contributed by atoms with van der Waals surface area (Å²) in [6.45, 7) is 1.72. The maximum atomic E-state index is 13.9. The van der Waals surface area contributed by atoms with Crippen molar-refractivity contribution in [2.24, 2.45) is 5.73 Å². The number of hydroxylamine groups is 1. The summed E-state index contributed by atoms with van der Waals surface area (Å²) in [5.41, 5.74) is 10.9. The number of nitrogens with two attached hydrogens (primary N) is 1. The van der Waals surface area contributed by atoms with E-state index < -0.39 is 34.3 Å². The Balaban J connectivity index is 1.51. The summed E-state index contributed by atoms with van der Waals surface area (Å²) in [4.78, 5) is 63.9. The third kappa shape index (κ3) is 5.59. The first-order chi connectivity index (χ1) is 21.2. The molecular weight excluding hydrogens is 637 g/mol. The lowest BCUT2D eigenvalue weighted by Gasteiger charge is -2.48. The number of rotatable bonds is 8. The lowest BCUT2D eigenvalue weighted by molar-refractivity contribution is -0.156. The number of thiocarbonyl (C=S) groups is 1. The molecule has 2 aliphatic rings. The second kappa shape index (κ2) is 12.4. The van der Waals surface area contributed by atoms with Crippen LogP contribution in [0.5, 0.6) is 0 Å². The monoisotopic (exact) mass is 660 g/mol. The molecule has 3 amide bonds. The van der Waals surface area contributed by atoms with Crippen molar-refractivity contribution in [3.8, 4) is 0 Å². The van der Waals surface area contributed by atoms with E-state index in [0.717, 1.165) is 16.7 Å². The van der Waals surface area contributed by atoms with E-state index in [2.05, 4.69) is 10.5 Å². The predicted octanol–water partition coefficient (Wildman–Crippen LogP) is 4.63. The van der Waals surface area contributed by atoms with Crippen LogP contribution < -0.4 is 11.2 Å².